The van der Waals surface area contributed by atoms with Crippen molar-refractivity contribution in [1.82, 2.24) is 0 Å². The summed E-state index contributed by atoms with van der Waals surface area (Å²) in [5.74, 6) is 0.422. The van der Waals surface area contributed by atoms with E-state index in [0.717, 1.165) is 0 Å². The predicted octanol–water partition coefficient (Wildman–Crippen LogP) is 8.29. The van der Waals surface area contributed by atoms with Crippen LogP contribution < -0.4 is 9.47 Å². The van der Waals surface area contributed by atoms with Crippen LogP contribution in [0.4, 0.5) is 0 Å². The number of carbonyl (C=O) groups is 2. The molecule has 0 aliphatic carbocycles. The van der Waals surface area contributed by atoms with Crippen LogP contribution in [0.3, 0.4) is 0 Å². The molecule has 0 aromatic heterocycles. The minimum atomic E-state index is -1.43. The van der Waals surface area contributed by atoms with Crippen molar-refractivity contribution in [2.75, 3.05) is 0 Å². The second-order valence-corrected chi connectivity index (χ2v) is 10.3. The van der Waals surface area contributed by atoms with Crippen molar-refractivity contribution in [3.8, 4) is 23.0 Å². The molecule has 0 radical (unpaired) electrons. The van der Waals surface area contributed by atoms with Crippen molar-refractivity contribution < 1.29 is 26.6 Å². The number of hydrogen-bond donors (Lipinski definition) is 0. The van der Waals surface area contributed by atoms with Crippen LogP contribution in [0.1, 0.15) is 11.1 Å². The van der Waals surface area contributed by atoms with E-state index >= 15 is 0 Å². The van der Waals surface area contributed by atoms with Crippen LogP contribution in [0.25, 0.3) is 0 Å². The average Bonchev–Trinajstić information content (AvgIpc) is 2.90. The van der Waals surface area contributed by atoms with E-state index in [9.17, 15) is 9.59 Å². The first-order valence-corrected chi connectivity index (χ1v) is 13.9. The van der Waals surface area contributed by atoms with E-state index in [2.05, 4.69) is 0 Å². The Morgan fingerprint density at radius 3 is 1.36 bits per heavy atom. The van der Waals surface area contributed by atoms with Crippen molar-refractivity contribution in [1.29, 1.82) is 0 Å². The standard InChI is InChI=1S/2C14H10Cl2O3.Al/c2*15-10-6-9(7-13(17)18)14(16)12(8-10)19-11-4-2-1-3-5-11;/h2*1-6,8H,7H2,(H,17,18);/q;;+3/p-2. The van der Waals surface area contributed by atoms with E-state index in [1.807, 2.05) is 36.4 Å². The summed E-state index contributed by atoms with van der Waals surface area (Å²) in [7, 11) is 0. The van der Waals surface area contributed by atoms with Gasteiger partial charge in [-0.15, -0.1) is 0 Å². The molecule has 4 aromatic carbocycles. The summed E-state index contributed by atoms with van der Waals surface area (Å²) in [5.41, 5.74) is 0.810. The molecule has 196 valence electrons. The third-order valence-electron chi connectivity index (χ3n) is 5.13. The molecule has 4 rings (SSSR count). The van der Waals surface area contributed by atoms with Crippen molar-refractivity contribution in [3.05, 3.63) is 116 Å². The van der Waals surface area contributed by atoms with E-state index in [4.69, 9.17) is 63.5 Å². The van der Waals surface area contributed by atoms with Crippen LogP contribution in [-0.4, -0.2) is 27.8 Å². The molecule has 11 heteroatoms. The van der Waals surface area contributed by atoms with E-state index in [-0.39, 0.29) is 22.9 Å². The molecule has 0 aliphatic heterocycles. The molecule has 0 N–H and O–H groups in total. The molecule has 0 saturated carbocycles. The quantitative estimate of drug-likeness (QED) is 0.167. The number of benzene rings is 4. The van der Waals surface area contributed by atoms with Crippen LogP contribution >= 0.6 is 46.4 Å². The molecule has 0 unspecified atom stereocenters. The second-order valence-electron chi connectivity index (χ2n) is 8.01. The Morgan fingerprint density at radius 1 is 0.590 bits per heavy atom. The Hall–Kier alpha value is -2.89. The molecule has 39 heavy (non-hydrogen) atoms. The van der Waals surface area contributed by atoms with Crippen molar-refractivity contribution >= 4 is 74.2 Å². The van der Waals surface area contributed by atoms with Gasteiger partial charge in [0.1, 0.15) is 0 Å². The summed E-state index contributed by atoms with van der Waals surface area (Å²) in [4.78, 5) is 24.8. The van der Waals surface area contributed by atoms with Gasteiger partial charge in [-0.3, -0.25) is 0 Å². The average molecular weight is 619 g/mol. The van der Waals surface area contributed by atoms with Crippen molar-refractivity contribution in [3.63, 3.8) is 0 Å². The Bertz CT molecular complexity index is 1360. The van der Waals surface area contributed by atoms with Crippen LogP contribution in [0, 0.1) is 0 Å². The molecule has 0 heterocycles. The topological polar surface area (TPSA) is 71.1 Å². The van der Waals surface area contributed by atoms with Gasteiger partial charge in [0.25, 0.3) is 0 Å². The van der Waals surface area contributed by atoms with Gasteiger partial charge in [-0.25, -0.2) is 0 Å². The van der Waals surface area contributed by atoms with Gasteiger partial charge in [-0.1, -0.05) is 0 Å². The van der Waals surface area contributed by atoms with Crippen LogP contribution in [0.5, 0.6) is 23.0 Å². The molecular formula is C28H18AlCl4O6+. The molecule has 0 saturated heterocycles. The number of hydrogen-bond acceptors (Lipinski definition) is 6. The molecule has 0 atom stereocenters. The van der Waals surface area contributed by atoms with E-state index < -0.39 is 27.8 Å². The summed E-state index contributed by atoms with van der Waals surface area (Å²) in [5, 5.41) is 1.11. The fourth-order valence-corrected chi connectivity index (χ4v) is 4.72. The number of rotatable bonds is 10. The Kier molecular flexibility index (Phi) is 10.4. The fraction of sp³-hybridized carbons (Fsp3) is 0.0714. The zero-order chi connectivity index (χ0) is 27.8. The van der Waals surface area contributed by atoms with Gasteiger partial charge < -0.3 is 0 Å². The van der Waals surface area contributed by atoms with Crippen LogP contribution in [0.15, 0.2) is 84.9 Å². The molecule has 0 aliphatic rings. The summed E-state index contributed by atoms with van der Waals surface area (Å²) >= 11 is 23.8. The zero-order valence-corrected chi connectivity index (χ0v) is 24.2. The van der Waals surface area contributed by atoms with Crippen LogP contribution in [-0.2, 0) is 30.0 Å². The van der Waals surface area contributed by atoms with Gasteiger partial charge in [-0.2, -0.15) is 0 Å². The predicted molar refractivity (Wildman–Crippen MR) is 151 cm³/mol. The first-order valence-electron chi connectivity index (χ1n) is 11.4. The van der Waals surface area contributed by atoms with Crippen molar-refractivity contribution in [2.24, 2.45) is 0 Å². The summed E-state index contributed by atoms with van der Waals surface area (Å²) < 4.78 is 21.8. The first-order chi connectivity index (χ1) is 18.8. The van der Waals surface area contributed by atoms with Gasteiger partial charge >= 0.3 is 253 Å². The Labute approximate surface area is 251 Å². The molecule has 0 fully saturated rings. The first kappa shape index (κ1) is 29.1. The summed E-state index contributed by atoms with van der Waals surface area (Å²) in [6, 6.07) is 24.2. The molecule has 0 bridgehead atoms. The Morgan fingerprint density at radius 2 is 0.974 bits per heavy atom. The summed E-state index contributed by atoms with van der Waals surface area (Å²) in [6.45, 7) is 0. The third kappa shape index (κ3) is 8.55. The fourth-order valence-electron chi connectivity index (χ4n) is 3.40. The number of halogens is 4. The maximum absolute atomic E-state index is 12.4. The zero-order valence-electron chi connectivity index (χ0n) is 20.0. The molecule has 4 aromatic rings. The SMILES string of the molecule is O=C(Cc1cc(Cl)cc(Oc2ccccc2)c1Cl)[O][Al+][O]C(=O)Cc1cc(Cl)cc(Oc2ccccc2)c1Cl. The molecule has 6 nitrogen and oxygen atoms in total. The maximum atomic E-state index is 12.4. The minimum absolute atomic E-state index is 0.199. The van der Waals surface area contributed by atoms with Gasteiger partial charge in [-0.05, 0) is 0 Å². The monoisotopic (exact) mass is 617 g/mol. The molecular weight excluding hydrogens is 601 g/mol. The second kappa shape index (κ2) is 14.0. The third-order valence-corrected chi connectivity index (χ3v) is 7.14. The number of carbonyl (C=O) groups excluding carboxylic acids is 2. The van der Waals surface area contributed by atoms with Gasteiger partial charge in [0, 0.05) is 0 Å². The molecule has 0 spiro atoms. The van der Waals surface area contributed by atoms with Crippen molar-refractivity contribution in [2.45, 2.75) is 12.8 Å². The number of para-hydroxylation sites is 2. The Balaban J connectivity index is 1.31. The van der Waals surface area contributed by atoms with Gasteiger partial charge in [0.15, 0.2) is 0 Å². The van der Waals surface area contributed by atoms with Crippen LogP contribution in [0.2, 0.25) is 20.1 Å². The normalized spacial score (nSPS) is 10.4. The van der Waals surface area contributed by atoms with E-state index in [1.165, 1.54) is 0 Å². The number of ether oxygens (including phenoxy) is 2. The van der Waals surface area contributed by atoms with E-state index in [1.54, 1.807) is 48.5 Å². The summed E-state index contributed by atoms with van der Waals surface area (Å²) in [6.07, 6.45) is -0.398. The molecule has 0 amide bonds. The van der Waals surface area contributed by atoms with Gasteiger partial charge in [0.2, 0.25) is 0 Å². The van der Waals surface area contributed by atoms with E-state index in [0.29, 0.717) is 44.2 Å². The van der Waals surface area contributed by atoms with Gasteiger partial charge in [0.05, 0.1) is 0 Å².